The molecular formula is C21H17Cl2NO4. The third-order valence-corrected chi connectivity index (χ3v) is 4.63. The molecule has 0 fully saturated rings. The molecule has 0 radical (unpaired) electrons. The summed E-state index contributed by atoms with van der Waals surface area (Å²) in [4.78, 5) is 28.0. The van der Waals surface area contributed by atoms with Gasteiger partial charge in [0.05, 0.1) is 24.3 Å². The summed E-state index contributed by atoms with van der Waals surface area (Å²) < 4.78 is 10.1. The number of aromatic nitrogens is 1. The number of methoxy groups -OCH3 is 1. The lowest BCUT2D eigenvalue weighted by molar-refractivity contribution is -0.133. The number of hydrogen-bond donors (Lipinski definition) is 1. The van der Waals surface area contributed by atoms with Crippen molar-refractivity contribution in [2.75, 3.05) is 13.7 Å². The van der Waals surface area contributed by atoms with E-state index in [1.54, 1.807) is 49.4 Å². The van der Waals surface area contributed by atoms with E-state index >= 15 is 0 Å². The van der Waals surface area contributed by atoms with Crippen LogP contribution in [-0.4, -0.2) is 30.6 Å². The molecule has 28 heavy (non-hydrogen) atoms. The van der Waals surface area contributed by atoms with Crippen molar-refractivity contribution < 1.29 is 19.1 Å². The van der Waals surface area contributed by atoms with Crippen LogP contribution in [0.5, 0.6) is 0 Å². The molecule has 7 heteroatoms. The summed E-state index contributed by atoms with van der Waals surface area (Å²) in [6, 6.07) is 12.2. The number of H-pyrrole nitrogens is 1. The van der Waals surface area contributed by atoms with E-state index in [4.69, 9.17) is 32.7 Å². The van der Waals surface area contributed by atoms with Crippen LogP contribution >= 0.6 is 23.2 Å². The van der Waals surface area contributed by atoms with Crippen LogP contribution in [0.3, 0.4) is 0 Å². The predicted octanol–water partition coefficient (Wildman–Crippen LogP) is 5.37. The molecule has 3 aromatic rings. The SMILES string of the molecule is CCOC(=O)c1[nH]c2cc(Cl)cc(Cl)c2c1/C=C(/C(=O)OC)c1ccccc1. The second-order valence-corrected chi connectivity index (χ2v) is 6.70. The summed E-state index contributed by atoms with van der Waals surface area (Å²) in [5.74, 6) is -1.10. The Labute approximate surface area is 171 Å². The number of aromatic amines is 1. The molecule has 5 nitrogen and oxygen atoms in total. The first-order chi connectivity index (χ1) is 13.5. The molecule has 0 aliphatic rings. The van der Waals surface area contributed by atoms with Crippen molar-refractivity contribution in [2.45, 2.75) is 6.92 Å². The van der Waals surface area contributed by atoms with E-state index in [-0.39, 0.29) is 17.9 Å². The Balaban J connectivity index is 2.32. The second kappa shape index (κ2) is 8.50. The quantitative estimate of drug-likeness (QED) is 0.447. The Morgan fingerprint density at radius 2 is 1.86 bits per heavy atom. The average Bonchev–Trinajstić information content (AvgIpc) is 3.04. The maximum atomic E-state index is 12.5. The minimum absolute atomic E-state index is 0.179. The van der Waals surface area contributed by atoms with Gasteiger partial charge in [-0.05, 0) is 30.7 Å². The number of esters is 2. The van der Waals surface area contributed by atoms with Crippen LogP contribution in [0.15, 0.2) is 42.5 Å². The van der Waals surface area contributed by atoms with Crippen LogP contribution in [0.4, 0.5) is 0 Å². The minimum atomic E-state index is -0.561. The fourth-order valence-electron chi connectivity index (χ4n) is 2.91. The Bertz CT molecular complexity index is 1070. The number of nitrogens with one attached hydrogen (secondary N) is 1. The normalized spacial score (nSPS) is 11.5. The number of fused-ring (bicyclic) bond motifs is 1. The summed E-state index contributed by atoms with van der Waals surface area (Å²) in [6.07, 6.45) is 1.58. The predicted molar refractivity (Wildman–Crippen MR) is 111 cm³/mol. The summed E-state index contributed by atoms with van der Waals surface area (Å²) in [7, 11) is 1.30. The Hall–Kier alpha value is -2.76. The monoisotopic (exact) mass is 417 g/mol. The van der Waals surface area contributed by atoms with Crippen LogP contribution in [-0.2, 0) is 14.3 Å². The van der Waals surface area contributed by atoms with Gasteiger partial charge < -0.3 is 14.5 Å². The first-order valence-corrected chi connectivity index (χ1v) is 9.25. The highest BCUT2D eigenvalue weighted by atomic mass is 35.5. The van der Waals surface area contributed by atoms with E-state index in [1.165, 1.54) is 7.11 Å². The van der Waals surface area contributed by atoms with Gasteiger partial charge in [0.1, 0.15) is 5.69 Å². The van der Waals surface area contributed by atoms with E-state index in [2.05, 4.69) is 4.98 Å². The van der Waals surface area contributed by atoms with Crippen LogP contribution in [0.25, 0.3) is 22.6 Å². The number of halogens is 2. The number of carbonyl (C=O) groups is 2. The Morgan fingerprint density at radius 3 is 2.50 bits per heavy atom. The third kappa shape index (κ3) is 3.91. The zero-order valence-corrected chi connectivity index (χ0v) is 16.7. The van der Waals surface area contributed by atoms with Gasteiger partial charge >= 0.3 is 11.9 Å². The molecule has 0 saturated carbocycles. The minimum Gasteiger partial charge on any atom is -0.465 e. The maximum absolute atomic E-state index is 12.5. The Kier molecular flexibility index (Phi) is 6.07. The molecule has 3 rings (SSSR count). The van der Waals surface area contributed by atoms with Crippen LogP contribution in [0.2, 0.25) is 10.0 Å². The summed E-state index contributed by atoms with van der Waals surface area (Å²) in [6.45, 7) is 1.91. The fourth-order valence-corrected chi connectivity index (χ4v) is 3.51. The van der Waals surface area contributed by atoms with Gasteiger partial charge in [0.25, 0.3) is 0 Å². The molecule has 0 unspecified atom stereocenters. The lowest BCUT2D eigenvalue weighted by atomic mass is 10.0. The van der Waals surface area contributed by atoms with Gasteiger partial charge in [-0.15, -0.1) is 0 Å². The molecular weight excluding hydrogens is 401 g/mol. The van der Waals surface area contributed by atoms with Crippen molar-refractivity contribution in [3.63, 3.8) is 0 Å². The molecule has 0 aliphatic carbocycles. The topological polar surface area (TPSA) is 68.4 Å². The second-order valence-electron chi connectivity index (χ2n) is 5.86. The number of rotatable bonds is 5. The van der Waals surface area contributed by atoms with Gasteiger partial charge in [0, 0.05) is 21.5 Å². The molecule has 144 valence electrons. The summed E-state index contributed by atoms with van der Waals surface area (Å²) in [5.41, 5.74) is 2.09. The highest BCUT2D eigenvalue weighted by molar-refractivity contribution is 6.39. The summed E-state index contributed by atoms with van der Waals surface area (Å²) in [5, 5.41) is 1.32. The van der Waals surface area contributed by atoms with Gasteiger partial charge in [0.2, 0.25) is 0 Å². The first kappa shape index (κ1) is 20.0. The van der Waals surface area contributed by atoms with E-state index in [9.17, 15) is 9.59 Å². The van der Waals surface area contributed by atoms with E-state index < -0.39 is 11.9 Å². The zero-order valence-electron chi connectivity index (χ0n) is 15.2. The molecule has 0 aliphatic heterocycles. The van der Waals surface area contributed by atoms with Crippen molar-refractivity contribution >= 4 is 57.7 Å². The van der Waals surface area contributed by atoms with Crippen molar-refractivity contribution in [2.24, 2.45) is 0 Å². The van der Waals surface area contributed by atoms with E-state index in [0.717, 1.165) is 0 Å². The maximum Gasteiger partial charge on any atom is 0.355 e. The van der Waals surface area contributed by atoms with Crippen LogP contribution < -0.4 is 0 Å². The van der Waals surface area contributed by atoms with Gasteiger partial charge in [0.15, 0.2) is 0 Å². The molecule has 0 bridgehead atoms. The first-order valence-electron chi connectivity index (χ1n) is 8.49. The van der Waals surface area contributed by atoms with Crippen LogP contribution in [0, 0.1) is 0 Å². The average molecular weight is 418 g/mol. The lowest BCUT2D eigenvalue weighted by Crippen LogP contribution is -2.08. The number of ether oxygens (including phenoxy) is 2. The van der Waals surface area contributed by atoms with Gasteiger partial charge in [-0.3, -0.25) is 0 Å². The van der Waals surface area contributed by atoms with Crippen molar-refractivity contribution in [3.05, 3.63) is 69.3 Å². The molecule has 2 aromatic carbocycles. The molecule has 0 atom stereocenters. The highest BCUT2D eigenvalue weighted by Gasteiger charge is 2.22. The molecule has 1 heterocycles. The van der Waals surface area contributed by atoms with Crippen molar-refractivity contribution in [3.8, 4) is 0 Å². The molecule has 1 aromatic heterocycles. The summed E-state index contributed by atoms with van der Waals surface area (Å²) >= 11 is 12.5. The van der Waals surface area contributed by atoms with E-state index in [1.807, 2.05) is 6.07 Å². The molecule has 0 spiro atoms. The molecule has 0 saturated heterocycles. The van der Waals surface area contributed by atoms with Crippen molar-refractivity contribution in [1.82, 2.24) is 4.98 Å². The lowest BCUT2D eigenvalue weighted by Gasteiger charge is -2.07. The van der Waals surface area contributed by atoms with E-state index in [0.29, 0.717) is 32.1 Å². The smallest absolute Gasteiger partial charge is 0.355 e. The van der Waals surface area contributed by atoms with Gasteiger partial charge in [-0.2, -0.15) is 0 Å². The number of carbonyl (C=O) groups excluding carboxylic acids is 2. The zero-order chi connectivity index (χ0) is 20.3. The largest absolute Gasteiger partial charge is 0.465 e. The van der Waals surface area contributed by atoms with Gasteiger partial charge in [-0.1, -0.05) is 53.5 Å². The van der Waals surface area contributed by atoms with Crippen LogP contribution in [0.1, 0.15) is 28.5 Å². The fraction of sp³-hybridized carbons (Fsp3) is 0.143. The molecule has 0 amide bonds. The standard InChI is InChI=1S/C21H17Cl2NO4/c1-3-28-21(26)19-15(18-16(23)9-13(22)10-17(18)24-19)11-14(20(25)27-2)12-7-5-4-6-8-12/h4-11,24H,3H2,1-2H3/b14-11+. The number of hydrogen-bond acceptors (Lipinski definition) is 4. The van der Waals surface area contributed by atoms with Crippen molar-refractivity contribution in [1.29, 1.82) is 0 Å². The van der Waals surface area contributed by atoms with Gasteiger partial charge in [-0.25, -0.2) is 9.59 Å². The third-order valence-electron chi connectivity index (χ3n) is 4.11. The molecule has 1 N–H and O–H groups in total. The highest BCUT2D eigenvalue weighted by Crippen LogP contribution is 2.35. The number of benzene rings is 2. The Morgan fingerprint density at radius 1 is 1.14 bits per heavy atom.